The number of ether oxygens (including phenoxy) is 1. The highest BCUT2D eigenvalue weighted by atomic mass is 32.1. The van der Waals surface area contributed by atoms with Gasteiger partial charge in [-0.15, -0.1) is 0 Å². The minimum absolute atomic E-state index is 0.150. The number of aromatic nitrogens is 3. The molecule has 0 aliphatic rings. The SMILES string of the molecule is CCOc1ccc2nc(NC(=O)c3nc(C)cc(C)n3)sc2c1. The van der Waals surface area contributed by atoms with Crippen LogP contribution in [0.15, 0.2) is 24.3 Å². The molecule has 0 aliphatic carbocycles. The van der Waals surface area contributed by atoms with Crippen molar-refractivity contribution in [2.75, 3.05) is 11.9 Å². The van der Waals surface area contributed by atoms with E-state index in [1.165, 1.54) is 11.3 Å². The quantitative estimate of drug-likeness (QED) is 0.794. The number of thiazole rings is 1. The van der Waals surface area contributed by atoms with Gasteiger partial charge in [0.1, 0.15) is 5.75 Å². The number of nitrogens with one attached hydrogen (secondary N) is 1. The molecule has 1 aromatic carbocycles. The van der Waals surface area contributed by atoms with Crippen molar-refractivity contribution in [1.29, 1.82) is 0 Å². The molecule has 0 fully saturated rings. The molecule has 2 aromatic heterocycles. The Morgan fingerprint density at radius 2 is 1.91 bits per heavy atom. The molecule has 1 N–H and O–H groups in total. The van der Waals surface area contributed by atoms with Gasteiger partial charge in [0.2, 0.25) is 5.82 Å². The second-order valence-electron chi connectivity index (χ2n) is 5.01. The van der Waals surface area contributed by atoms with Crippen molar-refractivity contribution in [3.8, 4) is 5.75 Å². The minimum Gasteiger partial charge on any atom is -0.494 e. The number of rotatable bonds is 4. The number of carbonyl (C=O) groups excluding carboxylic acids is 1. The number of benzene rings is 1. The zero-order valence-corrected chi connectivity index (χ0v) is 13.9. The van der Waals surface area contributed by atoms with E-state index in [0.717, 1.165) is 27.4 Å². The van der Waals surface area contributed by atoms with Gasteiger partial charge in [0.15, 0.2) is 5.13 Å². The van der Waals surface area contributed by atoms with Crippen molar-refractivity contribution in [1.82, 2.24) is 15.0 Å². The largest absolute Gasteiger partial charge is 0.494 e. The molecule has 118 valence electrons. The average Bonchev–Trinajstić information content (AvgIpc) is 2.88. The highest BCUT2D eigenvalue weighted by Gasteiger charge is 2.13. The molecule has 0 radical (unpaired) electrons. The summed E-state index contributed by atoms with van der Waals surface area (Å²) < 4.78 is 6.42. The van der Waals surface area contributed by atoms with Gasteiger partial charge in [0, 0.05) is 11.4 Å². The molecule has 0 saturated heterocycles. The Labute approximate surface area is 137 Å². The van der Waals surface area contributed by atoms with E-state index in [-0.39, 0.29) is 11.7 Å². The predicted molar refractivity (Wildman–Crippen MR) is 90.2 cm³/mol. The Hall–Kier alpha value is -2.54. The van der Waals surface area contributed by atoms with E-state index < -0.39 is 0 Å². The minimum atomic E-state index is -0.360. The monoisotopic (exact) mass is 328 g/mol. The Morgan fingerprint density at radius 1 is 1.17 bits per heavy atom. The first-order valence-electron chi connectivity index (χ1n) is 7.22. The first-order chi connectivity index (χ1) is 11.0. The summed E-state index contributed by atoms with van der Waals surface area (Å²) in [5, 5.41) is 3.27. The Kier molecular flexibility index (Phi) is 4.20. The lowest BCUT2D eigenvalue weighted by atomic mass is 10.3. The maximum atomic E-state index is 12.3. The first kappa shape index (κ1) is 15.4. The Morgan fingerprint density at radius 3 is 2.61 bits per heavy atom. The number of nitrogens with zero attached hydrogens (tertiary/aromatic N) is 3. The van der Waals surface area contributed by atoms with Gasteiger partial charge >= 0.3 is 0 Å². The topological polar surface area (TPSA) is 77.0 Å². The molecule has 0 unspecified atom stereocenters. The number of hydrogen-bond acceptors (Lipinski definition) is 6. The molecule has 0 saturated carbocycles. The third kappa shape index (κ3) is 3.45. The van der Waals surface area contributed by atoms with Crippen molar-refractivity contribution in [2.45, 2.75) is 20.8 Å². The lowest BCUT2D eigenvalue weighted by molar-refractivity contribution is 0.101. The fourth-order valence-corrected chi connectivity index (χ4v) is 3.08. The summed E-state index contributed by atoms with van der Waals surface area (Å²) in [6.45, 7) is 6.21. The molecule has 2 heterocycles. The summed E-state index contributed by atoms with van der Waals surface area (Å²) in [7, 11) is 0. The molecule has 0 atom stereocenters. The fraction of sp³-hybridized carbons (Fsp3) is 0.250. The van der Waals surface area contributed by atoms with E-state index in [9.17, 15) is 4.79 Å². The average molecular weight is 328 g/mol. The van der Waals surface area contributed by atoms with Crippen molar-refractivity contribution in [3.63, 3.8) is 0 Å². The summed E-state index contributed by atoms with van der Waals surface area (Å²) >= 11 is 1.39. The van der Waals surface area contributed by atoms with Crippen LogP contribution in [0.1, 0.15) is 28.9 Å². The smallest absolute Gasteiger partial charge is 0.295 e. The lowest BCUT2D eigenvalue weighted by Gasteiger charge is -2.02. The highest BCUT2D eigenvalue weighted by molar-refractivity contribution is 7.22. The van der Waals surface area contributed by atoms with Gasteiger partial charge in [-0.3, -0.25) is 10.1 Å². The fourth-order valence-electron chi connectivity index (χ4n) is 2.20. The molecule has 7 heteroatoms. The molecule has 3 aromatic rings. The molecular formula is C16H16N4O2S. The van der Waals surface area contributed by atoms with Crippen LogP contribution in [0, 0.1) is 13.8 Å². The zero-order valence-electron chi connectivity index (χ0n) is 13.1. The number of hydrogen-bond donors (Lipinski definition) is 1. The molecule has 0 spiro atoms. The van der Waals surface area contributed by atoms with Crippen LogP contribution < -0.4 is 10.1 Å². The van der Waals surface area contributed by atoms with Crippen molar-refractivity contribution in [2.24, 2.45) is 0 Å². The second kappa shape index (κ2) is 6.29. The van der Waals surface area contributed by atoms with Crippen LogP contribution in [-0.2, 0) is 0 Å². The third-order valence-corrected chi connectivity index (χ3v) is 4.01. The maximum Gasteiger partial charge on any atom is 0.295 e. The van der Waals surface area contributed by atoms with Crippen LogP contribution in [0.4, 0.5) is 5.13 Å². The van der Waals surface area contributed by atoms with E-state index in [4.69, 9.17) is 4.74 Å². The molecule has 0 bridgehead atoms. The number of fused-ring (bicyclic) bond motifs is 1. The van der Waals surface area contributed by atoms with Crippen LogP contribution in [0.5, 0.6) is 5.75 Å². The summed E-state index contributed by atoms with van der Waals surface area (Å²) in [6.07, 6.45) is 0. The van der Waals surface area contributed by atoms with Crippen LogP contribution in [-0.4, -0.2) is 27.5 Å². The Balaban J connectivity index is 1.84. The normalized spacial score (nSPS) is 10.7. The second-order valence-corrected chi connectivity index (χ2v) is 6.04. The number of amides is 1. The standard InChI is InChI=1S/C16H16N4O2S/c1-4-22-11-5-6-12-13(8-11)23-16(19-12)20-15(21)14-17-9(2)7-10(3)18-14/h5-8H,4H2,1-3H3,(H,19,20,21). The van der Waals surface area contributed by atoms with E-state index in [0.29, 0.717) is 11.7 Å². The van der Waals surface area contributed by atoms with E-state index in [2.05, 4.69) is 20.3 Å². The summed E-state index contributed by atoms with van der Waals surface area (Å²) in [5.41, 5.74) is 2.33. The summed E-state index contributed by atoms with van der Waals surface area (Å²) in [6, 6.07) is 7.48. The lowest BCUT2D eigenvalue weighted by Crippen LogP contribution is -2.16. The number of anilines is 1. The van der Waals surface area contributed by atoms with Crippen molar-refractivity contribution >= 4 is 32.6 Å². The van der Waals surface area contributed by atoms with Crippen molar-refractivity contribution in [3.05, 3.63) is 41.5 Å². The Bertz CT molecular complexity index is 855. The van der Waals surface area contributed by atoms with Gasteiger partial charge in [0.05, 0.1) is 16.8 Å². The molecule has 3 rings (SSSR count). The zero-order chi connectivity index (χ0) is 16.4. The van der Waals surface area contributed by atoms with Crippen LogP contribution in [0.2, 0.25) is 0 Å². The molecule has 6 nitrogen and oxygen atoms in total. The highest BCUT2D eigenvalue weighted by Crippen LogP contribution is 2.29. The van der Waals surface area contributed by atoms with Gasteiger partial charge in [-0.1, -0.05) is 11.3 Å². The van der Waals surface area contributed by atoms with E-state index >= 15 is 0 Å². The van der Waals surface area contributed by atoms with Gasteiger partial charge in [-0.2, -0.15) is 0 Å². The molecular weight excluding hydrogens is 312 g/mol. The predicted octanol–water partition coefficient (Wildman–Crippen LogP) is 3.35. The van der Waals surface area contributed by atoms with Gasteiger partial charge in [-0.05, 0) is 45.0 Å². The van der Waals surface area contributed by atoms with Gasteiger partial charge in [-0.25, -0.2) is 15.0 Å². The van der Waals surface area contributed by atoms with Gasteiger partial charge in [0.25, 0.3) is 5.91 Å². The van der Waals surface area contributed by atoms with E-state index in [1.54, 1.807) is 0 Å². The first-order valence-corrected chi connectivity index (χ1v) is 8.04. The third-order valence-electron chi connectivity index (χ3n) is 3.08. The molecule has 23 heavy (non-hydrogen) atoms. The summed E-state index contributed by atoms with van der Waals surface area (Å²) in [5.74, 6) is 0.580. The molecule has 0 aliphatic heterocycles. The van der Waals surface area contributed by atoms with Crippen molar-refractivity contribution < 1.29 is 9.53 Å². The van der Waals surface area contributed by atoms with Crippen LogP contribution in [0.3, 0.4) is 0 Å². The number of aryl methyl sites for hydroxylation is 2. The van der Waals surface area contributed by atoms with E-state index in [1.807, 2.05) is 45.0 Å². The van der Waals surface area contributed by atoms with Gasteiger partial charge < -0.3 is 4.74 Å². The van der Waals surface area contributed by atoms with Crippen LogP contribution >= 0.6 is 11.3 Å². The van der Waals surface area contributed by atoms with Crippen LogP contribution in [0.25, 0.3) is 10.2 Å². The summed E-state index contributed by atoms with van der Waals surface area (Å²) in [4.78, 5) is 25.0. The maximum absolute atomic E-state index is 12.3. The molecule has 1 amide bonds. The number of carbonyl (C=O) groups is 1.